The highest BCUT2D eigenvalue weighted by Gasteiger charge is 2.30. The molecule has 1 aliphatic rings. The first-order valence-corrected chi connectivity index (χ1v) is 8.14. The van der Waals surface area contributed by atoms with Gasteiger partial charge in [0.05, 0.1) is 12.0 Å². The van der Waals surface area contributed by atoms with Gasteiger partial charge in [0.2, 0.25) is 0 Å². The second kappa shape index (κ2) is 7.98. The fourth-order valence-electron chi connectivity index (χ4n) is 1.98. The Balaban J connectivity index is 2.23. The van der Waals surface area contributed by atoms with Gasteiger partial charge in [0.25, 0.3) is 11.8 Å². The SMILES string of the molecule is C=CCN1C(=O)C(=Cc2ccc(OCC(N)=O)c(OC)c2)SC1=S. The largest absolute Gasteiger partial charge is 0.493 e. The van der Waals surface area contributed by atoms with Crippen LogP contribution >= 0.6 is 24.0 Å². The lowest BCUT2D eigenvalue weighted by molar-refractivity contribution is -0.122. The average Bonchev–Trinajstić information content (AvgIpc) is 2.81. The highest BCUT2D eigenvalue weighted by Crippen LogP contribution is 2.34. The molecule has 0 aliphatic carbocycles. The molecule has 1 aliphatic heterocycles. The van der Waals surface area contributed by atoms with Crippen molar-refractivity contribution < 1.29 is 19.1 Å². The van der Waals surface area contributed by atoms with Crippen molar-refractivity contribution in [3.8, 4) is 11.5 Å². The predicted octanol–water partition coefficient (Wildman–Crippen LogP) is 1.95. The van der Waals surface area contributed by atoms with Gasteiger partial charge in [0, 0.05) is 6.54 Å². The molecule has 6 nitrogen and oxygen atoms in total. The van der Waals surface area contributed by atoms with Gasteiger partial charge in [-0.3, -0.25) is 14.5 Å². The number of carbonyl (C=O) groups excluding carboxylic acids is 2. The maximum absolute atomic E-state index is 12.3. The predicted molar refractivity (Wildman–Crippen MR) is 97.8 cm³/mol. The summed E-state index contributed by atoms with van der Waals surface area (Å²) in [7, 11) is 1.49. The molecule has 0 spiro atoms. The van der Waals surface area contributed by atoms with Gasteiger partial charge < -0.3 is 15.2 Å². The van der Waals surface area contributed by atoms with Gasteiger partial charge in [-0.1, -0.05) is 36.1 Å². The molecule has 0 saturated carbocycles. The average molecular weight is 364 g/mol. The maximum Gasteiger partial charge on any atom is 0.266 e. The van der Waals surface area contributed by atoms with E-state index in [1.54, 1.807) is 30.4 Å². The van der Waals surface area contributed by atoms with Gasteiger partial charge in [0.15, 0.2) is 18.1 Å². The molecule has 0 atom stereocenters. The lowest BCUT2D eigenvalue weighted by atomic mass is 10.2. The van der Waals surface area contributed by atoms with Crippen LogP contribution in [0.1, 0.15) is 5.56 Å². The molecular formula is C16H16N2O4S2. The number of ether oxygens (including phenoxy) is 2. The molecule has 0 bridgehead atoms. The van der Waals surface area contributed by atoms with Crippen LogP contribution in [-0.4, -0.2) is 41.3 Å². The minimum Gasteiger partial charge on any atom is -0.493 e. The van der Waals surface area contributed by atoms with E-state index in [1.807, 2.05) is 0 Å². The zero-order chi connectivity index (χ0) is 17.7. The van der Waals surface area contributed by atoms with Gasteiger partial charge in [-0.15, -0.1) is 6.58 Å². The molecule has 2 N–H and O–H groups in total. The van der Waals surface area contributed by atoms with Crippen molar-refractivity contribution in [3.05, 3.63) is 41.3 Å². The van der Waals surface area contributed by atoms with Gasteiger partial charge in [-0.25, -0.2) is 0 Å². The van der Waals surface area contributed by atoms with Crippen molar-refractivity contribution in [2.75, 3.05) is 20.3 Å². The number of hydrogen-bond acceptors (Lipinski definition) is 6. The lowest BCUT2D eigenvalue weighted by Crippen LogP contribution is -2.27. The third-order valence-electron chi connectivity index (χ3n) is 3.04. The summed E-state index contributed by atoms with van der Waals surface area (Å²) in [5, 5.41) is 0. The Morgan fingerprint density at radius 2 is 2.21 bits per heavy atom. The van der Waals surface area contributed by atoms with Crippen molar-refractivity contribution in [2.24, 2.45) is 5.73 Å². The van der Waals surface area contributed by atoms with Crippen LogP contribution < -0.4 is 15.2 Å². The van der Waals surface area contributed by atoms with Crippen molar-refractivity contribution in [1.82, 2.24) is 4.90 Å². The molecule has 126 valence electrons. The topological polar surface area (TPSA) is 81.9 Å². The van der Waals surface area contributed by atoms with E-state index in [1.165, 1.54) is 23.8 Å². The number of thiocarbonyl (C=S) groups is 1. The molecule has 2 rings (SSSR count). The first-order chi connectivity index (χ1) is 11.5. The van der Waals surface area contributed by atoms with E-state index in [0.717, 1.165) is 5.56 Å². The van der Waals surface area contributed by atoms with Crippen LogP contribution in [-0.2, 0) is 9.59 Å². The van der Waals surface area contributed by atoms with E-state index in [4.69, 9.17) is 27.4 Å². The van der Waals surface area contributed by atoms with Crippen LogP contribution in [0.15, 0.2) is 35.8 Å². The quantitative estimate of drug-likeness (QED) is 0.452. The van der Waals surface area contributed by atoms with Gasteiger partial charge >= 0.3 is 0 Å². The number of amides is 2. The molecule has 8 heteroatoms. The lowest BCUT2D eigenvalue weighted by Gasteiger charge is -2.11. The number of hydrogen-bond donors (Lipinski definition) is 1. The Kier molecular flexibility index (Phi) is 5.99. The number of methoxy groups -OCH3 is 1. The highest BCUT2D eigenvalue weighted by molar-refractivity contribution is 8.26. The number of primary amides is 1. The second-order valence-corrected chi connectivity index (χ2v) is 6.42. The molecule has 1 saturated heterocycles. The molecule has 0 unspecified atom stereocenters. The fraction of sp³-hybridized carbons (Fsp3) is 0.188. The second-order valence-electron chi connectivity index (χ2n) is 4.75. The van der Waals surface area contributed by atoms with Crippen LogP contribution in [0.3, 0.4) is 0 Å². The minimum atomic E-state index is -0.577. The van der Waals surface area contributed by atoms with Gasteiger partial charge in [-0.2, -0.15) is 0 Å². The van der Waals surface area contributed by atoms with Crippen LogP contribution in [0.5, 0.6) is 11.5 Å². The van der Waals surface area contributed by atoms with Crippen LogP contribution in [0.25, 0.3) is 6.08 Å². The zero-order valence-electron chi connectivity index (χ0n) is 13.0. The number of nitrogens with two attached hydrogens (primary N) is 1. The van der Waals surface area contributed by atoms with E-state index in [2.05, 4.69) is 6.58 Å². The first kappa shape index (κ1) is 18.0. The Morgan fingerprint density at radius 3 is 2.83 bits per heavy atom. The van der Waals surface area contributed by atoms with E-state index in [0.29, 0.717) is 27.3 Å². The molecule has 0 aromatic heterocycles. The summed E-state index contributed by atoms with van der Waals surface area (Å²) in [5.41, 5.74) is 5.81. The molecule has 1 aromatic rings. The standard InChI is InChI=1S/C16H16N2O4S2/c1-3-6-18-15(20)13(24-16(18)23)8-10-4-5-11(12(7-10)21-2)22-9-14(17)19/h3-5,7-8H,1,6,9H2,2H3,(H2,17,19). The van der Waals surface area contributed by atoms with E-state index >= 15 is 0 Å². The molecule has 1 aromatic carbocycles. The minimum absolute atomic E-state index is 0.155. The highest BCUT2D eigenvalue weighted by atomic mass is 32.2. The van der Waals surface area contributed by atoms with Gasteiger partial charge in [-0.05, 0) is 23.8 Å². The fourth-order valence-corrected chi connectivity index (χ4v) is 3.26. The Labute approximate surface area is 149 Å². The monoisotopic (exact) mass is 364 g/mol. The van der Waals surface area contributed by atoms with Crippen LogP contribution in [0.2, 0.25) is 0 Å². The van der Waals surface area contributed by atoms with Crippen molar-refractivity contribution >= 4 is 46.2 Å². The molecule has 1 heterocycles. The van der Waals surface area contributed by atoms with Crippen molar-refractivity contribution in [3.63, 3.8) is 0 Å². The van der Waals surface area contributed by atoms with E-state index in [9.17, 15) is 9.59 Å². The van der Waals surface area contributed by atoms with Crippen molar-refractivity contribution in [1.29, 1.82) is 0 Å². The third kappa shape index (κ3) is 4.15. The molecular weight excluding hydrogens is 348 g/mol. The van der Waals surface area contributed by atoms with Crippen molar-refractivity contribution in [2.45, 2.75) is 0 Å². The van der Waals surface area contributed by atoms with Crippen LogP contribution in [0, 0.1) is 0 Å². The smallest absolute Gasteiger partial charge is 0.266 e. The summed E-state index contributed by atoms with van der Waals surface area (Å²) in [6.07, 6.45) is 3.35. The normalized spacial score (nSPS) is 15.7. The summed E-state index contributed by atoms with van der Waals surface area (Å²) < 4.78 is 11.0. The van der Waals surface area contributed by atoms with Crippen LogP contribution in [0.4, 0.5) is 0 Å². The first-order valence-electron chi connectivity index (χ1n) is 6.91. The molecule has 0 radical (unpaired) electrons. The number of carbonyl (C=O) groups is 2. The Morgan fingerprint density at radius 1 is 1.46 bits per heavy atom. The van der Waals surface area contributed by atoms with E-state index < -0.39 is 5.91 Å². The summed E-state index contributed by atoms with van der Waals surface area (Å²) in [5.74, 6) is 0.101. The molecule has 24 heavy (non-hydrogen) atoms. The van der Waals surface area contributed by atoms with Gasteiger partial charge in [0.1, 0.15) is 4.32 Å². The molecule has 2 amide bonds. The summed E-state index contributed by atoms with van der Waals surface area (Å²) in [6, 6.07) is 5.10. The maximum atomic E-state index is 12.3. The number of rotatable bonds is 7. The molecule has 1 fully saturated rings. The third-order valence-corrected chi connectivity index (χ3v) is 4.42. The number of thioether (sulfide) groups is 1. The Hall–Kier alpha value is -2.32. The summed E-state index contributed by atoms with van der Waals surface area (Å²) >= 11 is 6.43. The zero-order valence-corrected chi connectivity index (χ0v) is 14.6. The number of benzene rings is 1. The summed E-state index contributed by atoms with van der Waals surface area (Å²) in [4.78, 5) is 25.1. The van der Waals surface area contributed by atoms with E-state index in [-0.39, 0.29) is 12.5 Å². The number of nitrogens with zero attached hydrogens (tertiary/aromatic N) is 1. The Bertz CT molecular complexity index is 731. The summed E-state index contributed by atoms with van der Waals surface area (Å²) in [6.45, 7) is 3.76.